The number of anilines is 2. The molecule has 2 heterocycles. The number of ketones is 1. The normalized spacial score (nSPS) is 18.9. The zero-order valence-electron chi connectivity index (χ0n) is 20.0. The van der Waals surface area contributed by atoms with Crippen LogP contribution in [0.3, 0.4) is 0 Å². The van der Waals surface area contributed by atoms with E-state index in [-0.39, 0.29) is 22.9 Å². The maximum atomic E-state index is 13.6. The van der Waals surface area contributed by atoms with Gasteiger partial charge in [-0.1, -0.05) is 50.2 Å². The number of phenols is 1. The van der Waals surface area contributed by atoms with Crippen LogP contribution in [0.1, 0.15) is 50.1 Å². The first-order chi connectivity index (χ1) is 16.7. The van der Waals surface area contributed by atoms with Gasteiger partial charge in [0.05, 0.1) is 5.69 Å². The van der Waals surface area contributed by atoms with E-state index < -0.39 is 6.04 Å². The maximum absolute atomic E-state index is 13.6. The Balaban J connectivity index is 1.61. The first kappa shape index (κ1) is 23.2. The third-order valence-electron chi connectivity index (χ3n) is 6.44. The quantitative estimate of drug-likeness (QED) is 0.428. The highest BCUT2D eigenvalue weighted by molar-refractivity contribution is 7.14. The first-order valence-corrected chi connectivity index (χ1v) is 12.5. The van der Waals surface area contributed by atoms with Gasteiger partial charge in [-0.15, -0.1) is 11.3 Å². The van der Waals surface area contributed by atoms with Crippen molar-refractivity contribution in [2.75, 3.05) is 10.2 Å². The van der Waals surface area contributed by atoms with Gasteiger partial charge in [0.15, 0.2) is 10.8 Å². The number of aromatic hydroxyl groups is 1. The molecule has 1 aliphatic carbocycles. The number of phenolic OH excluding ortho intramolecular Hbond substituents is 1. The molecule has 2 N–H and O–H groups in total. The van der Waals surface area contributed by atoms with Crippen molar-refractivity contribution in [3.05, 3.63) is 82.4 Å². The molecule has 3 aromatic rings. The molecule has 0 radical (unpaired) electrons. The zero-order chi connectivity index (χ0) is 24.7. The van der Waals surface area contributed by atoms with Gasteiger partial charge in [0.1, 0.15) is 24.1 Å². The second-order valence-corrected chi connectivity index (χ2v) is 10.9. The topological polar surface area (TPSA) is 78.9 Å². The number of para-hydroxylation sites is 1. The van der Waals surface area contributed by atoms with Crippen molar-refractivity contribution in [1.82, 2.24) is 0 Å². The third-order valence-corrected chi connectivity index (χ3v) is 7.49. The third kappa shape index (κ3) is 4.44. The Kier molecular flexibility index (Phi) is 5.89. The lowest BCUT2D eigenvalue weighted by Gasteiger charge is -2.36. The molecular weight excluding hydrogens is 460 g/mol. The van der Waals surface area contributed by atoms with E-state index in [9.17, 15) is 14.7 Å². The summed E-state index contributed by atoms with van der Waals surface area (Å²) in [6.45, 7) is 6.04. The lowest BCUT2D eigenvalue weighted by atomic mass is 9.74. The standard InChI is InChI=1S/C28H28N2O4S/c1-17(31)30-20-10-7-11-21(32)26(20)29-19-14-28(2,3)15-22(33)25(19)27(30)23-12-13-24(35-23)34-16-18-8-5-4-6-9-18/h4-13,27,29,32H,14-16H2,1-3H3. The van der Waals surface area contributed by atoms with Crippen LogP contribution < -0.4 is 15.0 Å². The van der Waals surface area contributed by atoms with Crippen LogP contribution in [0.15, 0.2) is 71.9 Å². The Morgan fingerprint density at radius 3 is 2.63 bits per heavy atom. The minimum atomic E-state index is -0.610. The zero-order valence-corrected chi connectivity index (χ0v) is 20.8. The number of fused-ring (bicyclic) bond motifs is 1. The summed E-state index contributed by atoms with van der Waals surface area (Å²) in [5, 5.41) is 14.7. The van der Waals surface area contributed by atoms with E-state index >= 15 is 0 Å². The van der Waals surface area contributed by atoms with Crippen LogP contribution >= 0.6 is 11.3 Å². The molecule has 0 fully saturated rings. The van der Waals surface area contributed by atoms with Crippen LogP contribution in [0, 0.1) is 5.41 Å². The highest BCUT2D eigenvalue weighted by atomic mass is 32.1. The Morgan fingerprint density at radius 2 is 1.89 bits per heavy atom. The molecule has 1 atom stereocenters. The van der Waals surface area contributed by atoms with Gasteiger partial charge in [0.2, 0.25) is 5.91 Å². The van der Waals surface area contributed by atoms with E-state index in [0.717, 1.165) is 16.1 Å². The van der Waals surface area contributed by atoms with Crippen molar-refractivity contribution in [2.24, 2.45) is 5.41 Å². The first-order valence-electron chi connectivity index (χ1n) is 11.6. The number of amides is 1. The predicted molar refractivity (Wildman–Crippen MR) is 138 cm³/mol. The largest absolute Gasteiger partial charge is 0.506 e. The average Bonchev–Trinajstić information content (AvgIpc) is 3.21. The van der Waals surface area contributed by atoms with Gasteiger partial charge in [0, 0.05) is 29.5 Å². The second-order valence-electron chi connectivity index (χ2n) is 9.85. The number of Topliss-reactive ketones (excluding diaryl/α,β-unsaturated/α-hetero) is 1. The summed E-state index contributed by atoms with van der Waals surface area (Å²) in [5.74, 6) is -0.169. The average molecular weight is 489 g/mol. The molecule has 1 aromatic heterocycles. The summed E-state index contributed by atoms with van der Waals surface area (Å²) in [6, 6.07) is 18.2. The fraction of sp³-hybridized carbons (Fsp3) is 0.286. The van der Waals surface area contributed by atoms with Crippen molar-refractivity contribution in [2.45, 2.75) is 46.3 Å². The minimum Gasteiger partial charge on any atom is -0.506 e. The fourth-order valence-corrected chi connectivity index (χ4v) is 5.91. The lowest BCUT2D eigenvalue weighted by Crippen LogP contribution is -2.38. The molecule has 2 aliphatic rings. The maximum Gasteiger partial charge on any atom is 0.224 e. The fourth-order valence-electron chi connectivity index (χ4n) is 4.95. The minimum absolute atomic E-state index is 0.00690. The second kappa shape index (κ2) is 8.89. The number of hydrogen-bond acceptors (Lipinski definition) is 6. The molecule has 1 aliphatic heterocycles. The SMILES string of the molecule is CC(=O)N1c2cccc(O)c2NC2=C(C(=O)CC(C)(C)C2)C1c1ccc(OCc2ccccc2)s1. The number of carbonyl (C=O) groups excluding carboxylic acids is 2. The van der Waals surface area contributed by atoms with Crippen LogP contribution in [0.5, 0.6) is 10.8 Å². The highest BCUT2D eigenvalue weighted by Crippen LogP contribution is 2.51. The van der Waals surface area contributed by atoms with Crippen LogP contribution in [-0.2, 0) is 16.2 Å². The Labute approximate surface area is 208 Å². The number of ether oxygens (including phenoxy) is 1. The van der Waals surface area contributed by atoms with Gasteiger partial charge in [-0.2, -0.15) is 0 Å². The number of benzene rings is 2. The molecule has 0 saturated carbocycles. The van der Waals surface area contributed by atoms with Gasteiger partial charge in [-0.3, -0.25) is 14.5 Å². The molecule has 35 heavy (non-hydrogen) atoms. The number of nitrogens with zero attached hydrogens (tertiary/aromatic N) is 1. The van der Waals surface area contributed by atoms with Crippen LogP contribution in [0.2, 0.25) is 0 Å². The number of nitrogens with one attached hydrogen (secondary N) is 1. The molecule has 1 unspecified atom stereocenters. The van der Waals surface area contributed by atoms with Crippen LogP contribution in [-0.4, -0.2) is 16.8 Å². The number of thiophene rings is 1. The van der Waals surface area contributed by atoms with Crippen molar-refractivity contribution in [1.29, 1.82) is 0 Å². The van der Waals surface area contributed by atoms with Crippen molar-refractivity contribution < 1.29 is 19.4 Å². The molecule has 0 spiro atoms. The molecule has 7 heteroatoms. The van der Waals surface area contributed by atoms with Crippen molar-refractivity contribution in [3.8, 4) is 10.8 Å². The summed E-state index contributed by atoms with van der Waals surface area (Å²) in [4.78, 5) is 29.1. The molecule has 180 valence electrons. The van der Waals surface area contributed by atoms with Crippen molar-refractivity contribution in [3.63, 3.8) is 0 Å². The molecule has 0 saturated heterocycles. The summed E-state index contributed by atoms with van der Waals surface area (Å²) in [5.41, 5.74) is 3.14. The van der Waals surface area contributed by atoms with E-state index in [1.165, 1.54) is 18.3 Å². The van der Waals surface area contributed by atoms with E-state index in [4.69, 9.17) is 4.74 Å². The number of hydrogen-bond donors (Lipinski definition) is 2. The Bertz CT molecular complexity index is 1330. The van der Waals surface area contributed by atoms with Gasteiger partial charge in [-0.25, -0.2) is 0 Å². The summed E-state index contributed by atoms with van der Waals surface area (Å²) in [6.07, 6.45) is 1.02. The molecule has 0 bridgehead atoms. The number of allylic oxidation sites excluding steroid dienone is 1. The van der Waals surface area contributed by atoms with E-state index in [0.29, 0.717) is 41.5 Å². The van der Waals surface area contributed by atoms with Crippen molar-refractivity contribution >= 4 is 34.4 Å². The van der Waals surface area contributed by atoms with Crippen LogP contribution in [0.25, 0.3) is 0 Å². The molecule has 2 aromatic carbocycles. The van der Waals surface area contributed by atoms with Gasteiger partial charge in [-0.05, 0) is 41.7 Å². The number of carbonyl (C=O) groups is 2. The van der Waals surface area contributed by atoms with Gasteiger partial charge < -0.3 is 15.2 Å². The summed E-state index contributed by atoms with van der Waals surface area (Å²) in [7, 11) is 0. The molecular formula is C28H28N2O4S. The van der Waals surface area contributed by atoms with E-state index in [1.54, 1.807) is 23.1 Å². The molecule has 6 nitrogen and oxygen atoms in total. The van der Waals surface area contributed by atoms with Crippen LogP contribution in [0.4, 0.5) is 11.4 Å². The number of rotatable bonds is 4. The molecule has 1 amide bonds. The predicted octanol–water partition coefficient (Wildman–Crippen LogP) is 6.20. The lowest BCUT2D eigenvalue weighted by molar-refractivity contribution is -0.118. The summed E-state index contributed by atoms with van der Waals surface area (Å²) >= 11 is 1.43. The smallest absolute Gasteiger partial charge is 0.224 e. The highest BCUT2D eigenvalue weighted by Gasteiger charge is 2.43. The monoisotopic (exact) mass is 488 g/mol. The Hall–Kier alpha value is -3.58. The van der Waals surface area contributed by atoms with E-state index in [1.807, 2.05) is 42.5 Å². The summed E-state index contributed by atoms with van der Waals surface area (Å²) < 4.78 is 6.03. The molecule has 5 rings (SSSR count). The van der Waals surface area contributed by atoms with E-state index in [2.05, 4.69) is 19.2 Å². The Morgan fingerprint density at radius 1 is 1.11 bits per heavy atom. The van der Waals surface area contributed by atoms with Gasteiger partial charge in [0.25, 0.3) is 0 Å². The van der Waals surface area contributed by atoms with Gasteiger partial charge >= 0.3 is 0 Å².